The summed E-state index contributed by atoms with van der Waals surface area (Å²) in [6.07, 6.45) is 4.42. The van der Waals surface area contributed by atoms with Crippen molar-refractivity contribution < 1.29 is 30.3 Å². The van der Waals surface area contributed by atoms with Crippen molar-refractivity contribution in [3.05, 3.63) is 65.0 Å². The summed E-state index contributed by atoms with van der Waals surface area (Å²) in [5, 5.41) is 15.5. The molecule has 1 unspecified atom stereocenters. The number of hydrogen-bond acceptors (Lipinski definition) is 8. The third-order valence-corrected chi connectivity index (χ3v) is 6.29. The van der Waals surface area contributed by atoms with Crippen LogP contribution < -0.4 is 4.74 Å². The normalized spacial score (nSPS) is 16.9. The van der Waals surface area contributed by atoms with Crippen molar-refractivity contribution in [3.63, 3.8) is 0 Å². The number of Topliss-reactive ketones (excluding diaryl/α,β-unsaturated/α-hetero) is 1. The molecule has 1 atom stereocenters. The minimum atomic E-state index is -0.291. The molecule has 0 spiro atoms. The second-order valence-electron chi connectivity index (χ2n) is 10.4. The molecule has 2 heterocycles. The van der Waals surface area contributed by atoms with Crippen molar-refractivity contribution >= 4 is 24.1 Å². The highest BCUT2D eigenvalue weighted by molar-refractivity contribution is 5.97. The SMILES string of the molecule is C=C1C(CC(=O)c2cc(OCCCO)cc(C(C)(C)C)c2)C=C2C(C)=CC(OC(COC)COC)=NN12.Cl.[HH]. The van der Waals surface area contributed by atoms with Gasteiger partial charge in [0.2, 0.25) is 5.90 Å². The van der Waals surface area contributed by atoms with Crippen LogP contribution in [0.1, 0.15) is 57.9 Å². The number of ether oxygens (including phenoxy) is 4. The van der Waals surface area contributed by atoms with Gasteiger partial charge in [-0.1, -0.05) is 27.4 Å². The number of halogens is 1. The summed E-state index contributed by atoms with van der Waals surface area (Å²) in [5.41, 5.74) is 4.07. The van der Waals surface area contributed by atoms with E-state index >= 15 is 0 Å². The number of carbonyl (C=O) groups is 1. The molecule has 1 aromatic carbocycles. The summed E-state index contributed by atoms with van der Waals surface area (Å²) in [7, 11) is 3.23. The lowest BCUT2D eigenvalue weighted by Crippen LogP contribution is -2.30. The van der Waals surface area contributed by atoms with Gasteiger partial charge < -0.3 is 24.1 Å². The highest BCUT2D eigenvalue weighted by Crippen LogP contribution is 2.38. The van der Waals surface area contributed by atoms with E-state index in [4.69, 9.17) is 24.1 Å². The maximum absolute atomic E-state index is 13.5. The lowest BCUT2D eigenvalue weighted by molar-refractivity contribution is 0.0173. The molecule has 0 fully saturated rings. The number of nitrogens with zero attached hydrogens (tertiary/aromatic N) is 2. The molecule has 2 aliphatic rings. The standard InChI is InChI=1S/C29H40N2O6.ClH.H2/c1-19-11-28(37-25(17-34-6)18-35-7)30-31-20(2)21(14-26(19)31)15-27(33)22-12-23(29(3,4)5)16-24(13-22)36-10-8-9-32;;/h11-14,16,21,25,32H,2,8-10,15,17-18H2,1,3-7H3;2*1H. The Morgan fingerprint density at radius 3 is 2.50 bits per heavy atom. The number of ketones is 1. The molecule has 0 saturated carbocycles. The lowest BCUT2D eigenvalue weighted by Gasteiger charge is -2.26. The van der Waals surface area contributed by atoms with Gasteiger partial charge in [0.15, 0.2) is 5.78 Å². The molecule has 1 N–H and O–H groups in total. The van der Waals surface area contributed by atoms with Crippen LogP contribution in [0.5, 0.6) is 5.75 Å². The van der Waals surface area contributed by atoms with E-state index in [9.17, 15) is 4.79 Å². The van der Waals surface area contributed by atoms with Gasteiger partial charge in [-0.2, -0.15) is 0 Å². The summed E-state index contributed by atoms with van der Waals surface area (Å²) >= 11 is 0. The number of aliphatic hydroxyl groups is 1. The minimum Gasteiger partial charge on any atom is -0.493 e. The molecule has 8 nitrogen and oxygen atoms in total. The van der Waals surface area contributed by atoms with Crippen LogP contribution >= 0.6 is 12.4 Å². The fourth-order valence-corrected chi connectivity index (χ4v) is 4.21. The second kappa shape index (κ2) is 13.9. The molecule has 0 aliphatic carbocycles. The minimum absolute atomic E-state index is 0. The van der Waals surface area contributed by atoms with E-state index in [1.807, 2.05) is 31.2 Å². The molecular formula is C29H43ClN2O6. The van der Waals surface area contributed by atoms with Gasteiger partial charge in [0.25, 0.3) is 0 Å². The third kappa shape index (κ3) is 7.93. The number of rotatable bonds is 12. The average Bonchev–Trinajstić information content (AvgIpc) is 3.14. The predicted octanol–water partition coefficient (Wildman–Crippen LogP) is 5.27. The maximum atomic E-state index is 13.5. The first-order chi connectivity index (χ1) is 17.6. The smallest absolute Gasteiger partial charge is 0.232 e. The van der Waals surface area contributed by atoms with Crippen LogP contribution in [0.3, 0.4) is 0 Å². The van der Waals surface area contributed by atoms with Crippen LogP contribution in [0.25, 0.3) is 0 Å². The summed E-state index contributed by atoms with van der Waals surface area (Å²) in [6.45, 7) is 13.7. The van der Waals surface area contributed by atoms with Gasteiger partial charge in [-0.3, -0.25) is 4.79 Å². The molecule has 212 valence electrons. The molecule has 1 aromatic rings. The van der Waals surface area contributed by atoms with Gasteiger partial charge in [0.05, 0.1) is 25.5 Å². The van der Waals surface area contributed by atoms with Crippen LogP contribution in [0, 0.1) is 5.92 Å². The molecular weight excluding hydrogens is 508 g/mol. The highest BCUT2D eigenvalue weighted by atomic mass is 35.5. The Bertz CT molecular complexity index is 1090. The van der Waals surface area contributed by atoms with E-state index in [1.165, 1.54) is 0 Å². The average molecular weight is 551 g/mol. The number of fused-ring (bicyclic) bond motifs is 1. The Hall–Kier alpha value is -2.65. The maximum Gasteiger partial charge on any atom is 0.232 e. The number of methoxy groups -OCH3 is 2. The molecule has 0 bridgehead atoms. The number of carbonyl (C=O) groups excluding carboxylic acids is 1. The van der Waals surface area contributed by atoms with Crippen molar-refractivity contribution in [2.24, 2.45) is 11.0 Å². The Balaban J connectivity index is 0.00000380. The highest BCUT2D eigenvalue weighted by Gasteiger charge is 2.33. The zero-order chi connectivity index (χ0) is 27.2. The first-order valence-electron chi connectivity index (χ1n) is 12.6. The number of benzene rings is 1. The Labute approximate surface area is 233 Å². The Morgan fingerprint density at radius 2 is 1.89 bits per heavy atom. The Kier molecular flexibility index (Phi) is 11.6. The van der Waals surface area contributed by atoms with Crippen molar-refractivity contribution in [1.29, 1.82) is 0 Å². The van der Waals surface area contributed by atoms with Crippen LogP contribution in [-0.2, 0) is 19.6 Å². The van der Waals surface area contributed by atoms with Crippen molar-refractivity contribution in [1.82, 2.24) is 5.01 Å². The van der Waals surface area contributed by atoms with Gasteiger partial charge in [-0.25, -0.2) is 5.01 Å². The molecule has 9 heteroatoms. The lowest BCUT2D eigenvalue weighted by atomic mass is 9.85. The topological polar surface area (TPSA) is 89.8 Å². The van der Waals surface area contributed by atoms with E-state index in [2.05, 4.69) is 32.5 Å². The van der Waals surface area contributed by atoms with Crippen LogP contribution in [0.15, 0.2) is 59.0 Å². The largest absolute Gasteiger partial charge is 0.493 e. The molecule has 3 rings (SSSR count). The van der Waals surface area contributed by atoms with Crippen molar-refractivity contribution in [3.8, 4) is 5.75 Å². The first-order valence-corrected chi connectivity index (χ1v) is 12.6. The van der Waals surface area contributed by atoms with Gasteiger partial charge in [0.1, 0.15) is 11.9 Å². The van der Waals surface area contributed by atoms with E-state index < -0.39 is 0 Å². The number of aliphatic hydroxyl groups excluding tert-OH is 1. The summed E-state index contributed by atoms with van der Waals surface area (Å²) in [4.78, 5) is 13.5. The van der Waals surface area contributed by atoms with Crippen LogP contribution in [0.2, 0.25) is 0 Å². The van der Waals surface area contributed by atoms with E-state index in [1.54, 1.807) is 25.3 Å². The Morgan fingerprint density at radius 1 is 1.21 bits per heavy atom. The summed E-state index contributed by atoms with van der Waals surface area (Å²) < 4.78 is 22.3. The van der Waals surface area contributed by atoms with Crippen LogP contribution in [-0.4, -0.2) is 68.5 Å². The van der Waals surface area contributed by atoms with Crippen LogP contribution in [0.4, 0.5) is 0 Å². The molecule has 2 aliphatic heterocycles. The van der Waals surface area contributed by atoms with E-state index in [-0.39, 0.29) is 50.1 Å². The van der Waals surface area contributed by atoms with E-state index in [0.29, 0.717) is 43.5 Å². The molecule has 38 heavy (non-hydrogen) atoms. The van der Waals surface area contributed by atoms with Gasteiger partial charge in [-0.15, -0.1) is 17.5 Å². The van der Waals surface area contributed by atoms with Crippen molar-refractivity contribution in [2.45, 2.75) is 52.1 Å². The molecule has 0 aromatic heterocycles. The second-order valence-corrected chi connectivity index (χ2v) is 10.4. The number of hydrogen-bond donors (Lipinski definition) is 1. The quantitative estimate of drug-likeness (QED) is 0.280. The third-order valence-electron chi connectivity index (χ3n) is 6.29. The van der Waals surface area contributed by atoms with Gasteiger partial charge in [-0.05, 0) is 47.8 Å². The zero-order valence-electron chi connectivity index (χ0n) is 23.3. The molecule has 0 radical (unpaired) electrons. The fraction of sp³-hybridized carbons (Fsp3) is 0.517. The van der Waals surface area contributed by atoms with Gasteiger partial charge in [0, 0.05) is 58.3 Å². The number of hydrazone groups is 1. The predicted molar refractivity (Wildman–Crippen MR) is 153 cm³/mol. The zero-order valence-corrected chi connectivity index (χ0v) is 24.1. The summed E-state index contributed by atoms with van der Waals surface area (Å²) in [5.74, 6) is 0.893. The van der Waals surface area contributed by atoms with Gasteiger partial charge >= 0.3 is 0 Å². The molecule has 0 saturated heterocycles. The first kappa shape index (κ1) is 31.6. The van der Waals surface area contributed by atoms with Crippen molar-refractivity contribution in [2.75, 3.05) is 40.6 Å². The fourth-order valence-electron chi connectivity index (χ4n) is 4.21. The summed E-state index contributed by atoms with van der Waals surface area (Å²) in [6, 6.07) is 5.70. The molecule has 0 amide bonds. The monoisotopic (exact) mass is 550 g/mol. The van der Waals surface area contributed by atoms with E-state index in [0.717, 1.165) is 22.5 Å². The number of allylic oxidation sites excluding steroid dienone is 2.